The first-order chi connectivity index (χ1) is 12.4. The van der Waals surface area contributed by atoms with E-state index >= 15 is 0 Å². The lowest BCUT2D eigenvalue weighted by Gasteiger charge is -2.32. The van der Waals surface area contributed by atoms with Crippen molar-refractivity contribution in [3.63, 3.8) is 0 Å². The molecule has 0 bridgehead atoms. The van der Waals surface area contributed by atoms with Crippen molar-refractivity contribution < 1.29 is 4.74 Å². The SMILES string of the molecule is CNC1CCN(c2cnc3c(cc(C)n3COCC[Si](C)(C)C)n2)CC1. The Morgan fingerprint density at radius 2 is 2.00 bits per heavy atom. The highest BCUT2D eigenvalue weighted by Crippen LogP contribution is 2.22. The van der Waals surface area contributed by atoms with Crippen molar-refractivity contribution in [1.82, 2.24) is 19.9 Å². The van der Waals surface area contributed by atoms with Gasteiger partial charge in [-0.15, -0.1) is 0 Å². The Balaban J connectivity index is 1.68. The molecule has 1 N–H and O–H groups in total. The van der Waals surface area contributed by atoms with Gasteiger partial charge in [0, 0.05) is 39.5 Å². The minimum Gasteiger partial charge on any atom is -0.361 e. The topological polar surface area (TPSA) is 55.2 Å². The van der Waals surface area contributed by atoms with Gasteiger partial charge in [-0.1, -0.05) is 19.6 Å². The van der Waals surface area contributed by atoms with Crippen molar-refractivity contribution in [1.29, 1.82) is 0 Å². The number of piperidine rings is 1. The Morgan fingerprint density at radius 1 is 1.27 bits per heavy atom. The third-order valence-corrected chi connectivity index (χ3v) is 6.94. The minimum absolute atomic E-state index is 0.557. The van der Waals surface area contributed by atoms with Crippen LogP contribution in [0.5, 0.6) is 0 Å². The van der Waals surface area contributed by atoms with Crippen LogP contribution in [0.4, 0.5) is 5.82 Å². The third-order valence-electron chi connectivity index (χ3n) is 5.24. The van der Waals surface area contributed by atoms with E-state index in [1.54, 1.807) is 0 Å². The molecule has 144 valence electrons. The van der Waals surface area contributed by atoms with Gasteiger partial charge < -0.3 is 19.5 Å². The largest absolute Gasteiger partial charge is 0.361 e. The van der Waals surface area contributed by atoms with Crippen LogP contribution in [0.3, 0.4) is 0 Å². The average Bonchev–Trinajstić information content (AvgIpc) is 2.92. The van der Waals surface area contributed by atoms with Gasteiger partial charge in [-0.05, 0) is 38.9 Å². The fourth-order valence-corrected chi connectivity index (χ4v) is 4.14. The number of aryl methyl sites for hydroxylation is 1. The molecule has 3 heterocycles. The van der Waals surface area contributed by atoms with Gasteiger partial charge in [0.2, 0.25) is 0 Å². The number of aromatic nitrogens is 3. The number of hydrogen-bond acceptors (Lipinski definition) is 5. The van der Waals surface area contributed by atoms with Crippen LogP contribution in [-0.2, 0) is 11.5 Å². The molecule has 7 heteroatoms. The molecule has 0 aromatic carbocycles. The van der Waals surface area contributed by atoms with Crippen LogP contribution < -0.4 is 10.2 Å². The van der Waals surface area contributed by atoms with Gasteiger partial charge in [0.05, 0.1) is 6.20 Å². The zero-order chi connectivity index (χ0) is 18.7. The summed E-state index contributed by atoms with van der Waals surface area (Å²) >= 11 is 0. The van der Waals surface area contributed by atoms with Crippen LogP contribution in [0.1, 0.15) is 18.5 Å². The molecule has 0 unspecified atom stereocenters. The molecular weight excluding hydrogens is 342 g/mol. The van der Waals surface area contributed by atoms with E-state index in [1.807, 2.05) is 13.2 Å². The monoisotopic (exact) mass is 375 g/mol. The Bertz CT molecular complexity index is 731. The second kappa shape index (κ2) is 8.06. The number of anilines is 1. The van der Waals surface area contributed by atoms with Gasteiger partial charge in [0.25, 0.3) is 0 Å². The molecule has 26 heavy (non-hydrogen) atoms. The summed E-state index contributed by atoms with van der Waals surface area (Å²) in [5.74, 6) is 0.990. The molecule has 0 aliphatic carbocycles. The van der Waals surface area contributed by atoms with Crippen molar-refractivity contribution >= 4 is 25.1 Å². The second-order valence-electron chi connectivity index (χ2n) is 8.55. The first kappa shape index (κ1) is 19.3. The molecule has 0 saturated carbocycles. The van der Waals surface area contributed by atoms with Gasteiger partial charge in [-0.2, -0.15) is 0 Å². The van der Waals surface area contributed by atoms with E-state index in [4.69, 9.17) is 14.7 Å². The minimum atomic E-state index is -1.05. The Kier molecular flexibility index (Phi) is 5.99. The summed E-state index contributed by atoms with van der Waals surface area (Å²) in [5.41, 5.74) is 3.04. The van der Waals surface area contributed by atoms with Crippen molar-refractivity contribution in [3.05, 3.63) is 18.0 Å². The van der Waals surface area contributed by atoms with E-state index < -0.39 is 8.07 Å². The Hall–Kier alpha value is -1.44. The number of ether oxygens (including phenoxy) is 1. The Morgan fingerprint density at radius 3 is 2.65 bits per heavy atom. The van der Waals surface area contributed by atoms with Crippen LogP contribution >= 0.6 is 0 Å². The summed E-state index contributed by atoms with van der Waals surface area (Å²) in [6, 6.07) is 3.93. The van der Waals surface area contributed by atoms with E-state index in [0.29, 0.717) is 12.8 Å². The molecular formula is C19H33N5OSi. The van der Waals surface area contributed by atoms with Crippen molar-refractivity contribution in [2.24, 2.45) is 0 Å². The van der Waals surface area contributed by atoms with Gasteiger partial charge in [0.15, 0.2) is 5.65 Å². The molecule has 1 aliphatic rings. The van der Waals surface area contributed by atoms with Crippen LogP contribution in [0, 0.1) is 6.92 Å². The van der Waals surface area contributed by atoms with E-state index in [2.05, 4.69) is 47.4 Å². The highest BCUT2D eigenvalue weighted by atomic mass is 28.3. The van der Waals surface area contributed by atoms with Crippen molar-refractivity contribution in [3.8, 4) is 0 Å². The number of hydrogen-bond donors (Lipinski definition) is 1. The number of nitrogens with zero attached hydrogens (tertiary/aromatic N) is 4. The van der Waals surface area contributed by atoms with Crippen molar-refractivity contribution in [2.45, 2.75) is 58.2 Å². The highest BCUT2D eigenvalue weighted by molar-refractivity contribution is 6.76. The quantitative estimate of drug-likeness (QED) is 0.595. The fraction of sp³-hybridized carbons (Fsp3) is 0.684. The standard InChI is InChI=1S/C19H33N5OSi/c1-15-12-17-19(24(15)14-25-10-11-26(3,4)5)21-13-18(22-17)23-8-6-16(20-2)7-9-23/h12-13,16,20H,6-11,14H2,1-5H3. The number of fused-ring (bicyclic) bond motifs is 1. The zero-order valence-electron chi connectivity index (χ0n) is 16.9. The molecule has 0 atom stereocenters. The summed E-state index contributed by atoms with van der Waals surface area (Å²) in [6.45, 7) is 12.7. The molecule has 1 aliphatic heterocycles. The molecule has 2 aromatic rings. The normalized spacial score (nSPS) is 16.6. The summed E-state index contributed by atoms with van der Waals surface area (Å²) in [7, 11) is 0.992. The first-order valence-corrected chi connectivity index (χ1v) is 13.4. The van der Waals surface area contributed by atoms with Crippen molar-refractivity contribution in [2.75, 3.05) is 31.6 Å². The van der Waals surface area contributed by atoms with Crippen LogP contribution in [0.2, 0.25) is 25.7 Å². The molecule has 6 nitrogen and oxygen atoms in total. The smallest absolute Gasteiger partial charge is 0.160 e. The average molecular weight is 376 g/mol. The molecule has 2 aromatic heterocycles. The lowest BCUT2D eigenvalue weighted by molar-refractivity contribution is 0.0886. The van der Waals surface area contributed by atoms with Crippen LogP contribution in [0.25, 0.3) is 11.2 Å². The predicted octanol–water partition coefficient (Wildman–Crippen LogP) is 3.24. The fourth-order valence-electron chi connectivity index (χ4n) is 3.38. The second-order valence-corrected chi connectivity index (χ2v) is 14.2. The van der Waals surface area contributed by atoms with E-state index in [0.717, 1.165) is 55.2 Å². The van der Waals surface area contributed by atoms with Gasteiger partial charge in [-0.3, -0.25) is 0 Å². The molecule has 0 spiro atoms. The first-order valence-electron chi connectivity index (χ1n) is 9.70. The lowest BCUT2D eigenvalue weighted by Crippen LogP contribution is -2.41. The van der Waals surface area contributed by atoms with Gasteiger partial charge >= 0.3 is 0 Å². The maximum Gasteiger partial charge on any atom is 0.160 e. The van der Waals surface area contributed by atoms with E-state index in [9.17, 15) is 0 Å². The summed E-state index contributed by atoms with van der Waals surface area (Å²) < 4.78 is 8.05. The number of nitrogens with one attached hydrogen (secondary N) is 1. The Labute approximate surface area is 158 Å². The molecule has 1 fully saturated rings. The zero-order valence-corrected chi connectivity index (χ0v) is 17.9. The lowest BCUT2D eigenvalue weighted by atomic mass is 10.1. The van der Waals surface area contributed by atoms with E-state index in [1.165, 1.54) is 6.04 Å². The molecule has 3 rings (SSSR count). The highest BCUT2D eigenvalue weighted by Gasteiger charge is 2.20. The number of rotatable bonds is 7. The summed E-state index contributed by atoms with van der Waals surface area (Å²) in [4.78, 5) is 11.9. The van der Waals surface area contributed by atoms with Crippen LogP contribution in [-0.4, -0.2) is 55.4 Å². The third kappa shape index (κ3) is 4.63. The molecule has 1 saturated heterocycles. The maximum atomic E-state index is 5.93. The predicted molar refractivity (Wildman–Crippen MR) is 111 cm³/mol. The van der Waals surface area contributed by atoms with Gasteiger partial charge in [-0.25, -0.2) is 9.97 Å². The van der Waals surface area contributed by atoms with Crippen LogP contribution in [0.15, 0.2) is 12.3 Å². The molecule has 0 radical (unpaired) electrons. The van der Waals surface area contributed by atoms with Gasteiger partial charge in [0.1, 0.15) is 18.1 Å². The van der Waals surface area contributed by atoms with E-state index in [-0.39, 0.29) is 0 Å². The summed E-state index contributed by atoms with van der Waals surface area (Å²) in [5, 5.41) is 3.37. The summed E-state index contributed by atoms with van der Waals surface area (Å²) in [6.07, 6.45) is 4.22. The maximum absolute atomic E-state index is 5.93. The molecule has 0 amide bonds.